The number of nitrogens with zero attached hydrogens (tertiary/aromatic N) is 5. The highest BCUT2D eigenvalue weighted by atomic mass is 32.2. The molecule has 2 N–H and O–H groups in total. The minimum Gasteiger partial charge on any atom is -0.497 e. The Morgan fingerprint density at radius 1 is 1.08 bits per heavy atom. The third kappa shape index (κ3) is 5.88. The van der Waals surface area contributed by atoms with Crippen LogP contribution in [0, 0.1) is 0 Å². The van der Waals surface area contributed by atoms with Gasteiger partial charge in [0.2, 0.25) is 15.9 Å². The van der Waals surface area contributed by atoms with Crippen molar-refractivity contribution in [1.82, 2.24) is 29.5 Å². The van der Waals surface area contributed by atoms with Crippen LogP contribution in [-0.2, 0) is 21.2 Å². The lowest BCUT2D eigenvalue weighted by atomic mass is 10.3. The van der Waals surface area contributed by atoms with Crippen molar-refractivity contribution >= 4 is 60.0 Å². The topological polar surface area (TPSA) is 140 Å². The lowest BCUT2D eigenvalue weighted by Crippen LogP contribution is -2.26. The van der Waals surface area contributed by atoms with Gasteiger partial charge in [0.15, 0.2) is 16.6 Å². The van der Waals surface area contributed by atoms with Gasteiger partial charge in [-0.05, 0) is 48.5 Å². The smallest absolute Gasteiger partial charge is 0.240 e. The van der Waals surface area contributed by atoms with Crippen LogP contribution in [0.4, 0.5) is 5.13 Å². The van der Waals surface area contributed by atoms with Gasteiger partial charge >= 0.3 is 0 Å². The summed E-state index contributed by atoms with van der Waals surface area (Å²) < 4.78 is 35.3. The average molecular weight is 556 g/mol. The molecule has 0 saturated heterocycles. The number of fused-ring (bicyclic) bond motifs is 2. The Kier molecular flexibility index (Phi) is 7.32. The van der Waals surface area contributed by atoms with Gasteiger partial charge in [0, 0.05) is 13.0 Å². The minimum absolute atomic E-state index is 0.110. The fraction of sp³-hybridized carbons (Fsp3) is 0.174. The van der Waals surface area contributed by atoms with E-state index in [1.54, 1.807) is 28.8 Å². The summed E-state index contributed by atoms with van der Waals surface area (Å²) in [6, 6.07) is 17.3. The Bertz CT molecular complexity index is 1630. The standard InChI is InChI=1S/C23H21N7O4S3/c1-34-15-6-8-16(9-7-15)37(32,33)24-13-12-20-28-27-19-10-11-22(29-30(19)20)35-14-21(31)26-23-25-17-4-2-3-5-18(17)36-23/h2-11,24H,12-14H2,1H3,(H,25,26,31). The van der Waals surface area contributed by atoms with Crippen LogP contribution in [0.15, 0.2) is 70.6 Å². The molecule has 0 fully saturated rings. The van der Waals surface area contributed by atoms with Gasteiger partial charge in [0.05, 0.1) is 28.0 Å². The fourth-order valence-corrected chi connectivity index (χ4v) is 5.97. The van der Waals surface area contributed by atoms with Gasteiger partial charge < -0.3 is 10.1 Å². The third-order valence-electron chi connectivity index (χ3n) is 5.20. The van der Waals surface area contributed by atoms with Gasteiger partial charge in [-0.2, -0.15) is 9.61 Å². The lowest BCUT2D eigenvalue weighted by Gasteiger charge is -2.07. The molecule has 2 aromatic carbocycles. The predicted molar refractivity (Wildman–Crippen MR) is 142 cm³/mol. The van der Waals surface area contributed by atoms with Crippen molar-refractivity contribution < 1.29 is 17.9 Å². The molecule has 0 spiro atoms. The van der Waals surface area contributed by atoms with E-state index in [9.17, 15) is 13.2 Å². The highest BCUT2D eigenvalue weighted by Gasteiger charge is 2.15. The van der Waals surface area contributed by atoms with E-state index in [0.29, 0.717) is 27.4 Å². The Balaban J connectivity index is 1.18. The number of amides is 1. The molecule has 0 atom stereocenters. The normalized spacial score (nSPS) is 11.7. The summed E-state index contributed by atoms with van der Waals surface area (Å²) in [6.07, 6.45) is 0.274. The lowest BCUT2D eigenvalue weighted by molar-refractivity contribution is -0.113. The van der Waals surface area contributed by atoms with Crippen molar-refractivity contribution in [2.24, 2.45) is 0 Å². The zero-order valence-electron chi connectivity index (χ0n) is 19.5. The van der Waals surface area contributed by atoms with Crippen LogP contribution in [0.25, 0.3) is 15.9 Å². The molecule has 3 aromatic heterocycles. The van der Waals surface area contributed by atoms with E-state index in [2.05, 4.69) is 30.3 Å². The molecule has 5 aromatic rings. The van der Waals surface area contributed by atoms with E-state index < -0.39 is 10.0 Å². The number of benzene rings is 2. The molecular formula is C23H21N7O4S3. The molecule has 5 rings (SSSR count). The van der Waals surface area contributed by atoms with E-state index in [1.165, 1.54) is 42.3 Å². The number of thioether (sulfide) groups is 1. The molecule has 0 radical (unpaired) electrons. The summed E-state index contributed by atoms with van der Waals surface area (Å²) in [5.41, 5.74) is 1.37. The highest BCUT2D eigenvalue weighted by Crippen LogP contribution is 2.26. The number of carbonyl (C=O) groups is 1. The van der Waals surface area contributed by atoms with Gasteiger partial charge in [-0.15, -0.1) is 10.2 Å². The average Bonchev–Trinajstić information content (AvgIpc) is 3.50. The number of aromatic nitrogens is 5. The molecule has 0 bridgehead atoms. The van der Waals surface area contributed by atoms with Crippen LogP contribution in [0.5, 0.6) is 5.75 Å². The number of ether oxygens (including phenoxy) is 1. The second kappa shape index (κ2) is 10.8. The number of nitrogens with one attached hydrogen (secondary N) is 2. The molecule has 14 heteroatoms. The summed E-state index contributed by atoms with van der Waals surface area (Å²) in [7, 11) is -2.17. The number of thiazole rings is 1. The maximum Gasteiger partial charge on any atom is 0.240 e. The second-order valence-electron chi connectivity index (χ2n) is 7.70. The quantitative estimate of drug-likeness (QED) is 0.249. The molecule has 0 saturated carbocycles. The van der Waals surface area contributed by atoms with Gasteiger partial charge in [-0.3, -0.25) is 4.79 Å². The first-order chi connectivity index (χ1) is 17.9. The number of para-hydroxylation sites is 1. The van der Waals surface area contributed by atoms with Crippen molar-refractivity contribution in [1.29, 1.82) is 0 Å². The van der Waals surface area contributed by atoms with Crippen LogP contribution in [0.2, 0.25) is 0 Å². The maximum atomic E-state index is 12.6. The number of hydrogen-bond donors (Lipinski definition) is 2. The second-order valence-corrected chi connectivity index (χ2v) is 11.5. The molecule has 1 amide bonds. The Morgan fingerprint density at radius 2 is 1.89 bits per heavy atom. The van der Waals surface area contributed by atoms with E-state index in [0.717, 1.165) is 10.2 Å². The molecule has 11 nitrogen and oxygen atoms in total. The Morgan fingerprint density at radius 3 is 2.68 bits per heavy atom. The van der Waals surface area contributed by atoms with Crippen LogP contribution < -0.4 is 14.8 Å². The van der Waals surface area contributed by atoms with E-state index in [1.807, 2.05) is 24.3 Å². The highest BCUT2D eigenvalue weighted by molar-refractivity contribution is 7.99. The van der Waals surface area contributed by atoms with E-state index in [4.69, 9.17) is 4.74 Å². The molecule has 0 unspecified atom stereocenters. The first-order valence-corrected chi connectivity index (χ1v) is 14.3. The Labute approximate surface area is 220 Å². The zero-order chi connectivity index (χ0) is 25.8. The van der Waals surface area contributed by atoms with Crippen LogP contribution in [0.1, 0.15) is 5.82 Å². The van der Waals surface area contributed by atoms with Gasteiger partial charge in [-0.1, -0.05) is 35.2 Å². The number of sulfonamides is 1. The summed E-state index contributed by atoms with van der Waals surface area (Å²) >= 11 is 2.68. The molecular weight excluding hydrogens is 534 g/mol. The van der Waals surface area contributed by atoms with Crippen molar-refractivity contribution in [3.05, 3.63) is 66.5 Å². The van der Waals surface area contributed by atoms with E-state index >= 15 is 0 Å². The van der Waals surface area contributed by atoms with Gasteiger partial charge in [0.25, 0.3) is 0 Å². The fourth-order valence-electron chi connectivity index (χ4n) is 3.41. The van der Waals surface area contributed by atoms with Crippen molar-refractivity contribution in [3.8, 4) is 5.75 Å². The van der Waals surface area contributed by atoms with Crippen LogP contribution in [-0.4, -0.2) is 58.5 Å². The number of hydrogen-bond acceptors (Lipinski definition) is 10. The zero-order valence-corrected chi connectivity index (χ0v) is 21.9. The first kappa shape index (κ1) is 25.1. The molecule has 0 aliphatic carbocycles. The number of rotatable bonds is 10. The molecule has 0 aliphatic heterocycles. The largest absolute Gasteiger partial charge is 0.497 e. The predicted octanol–water partition coefficient (Wildman–Crippen LogP) is 2.99. The van der Waals surface area contributed by atoms with Gasteiger partial charge in [0.1, 0.15) is 10.8 Å². The van der Waals surface area contributed by atoms with Crippen molar-refractivity contribution in [3.63, 3.8) is 0 Å². The summed E-state index contributed by atoms with van der Waals surface area (Å²) in [5, 5.41) is 16.7. The van der Waals surface area contributed by atoms with Crippen molar-refractivity contribution in [2.45, 2.75) is 16.3 Å². The van der Waals surface area contributed by atoms with E-state index in [-0.39, 0.29) is 29.5 Å². The number of anilines is 1. The molecule has 0 aliphatic rings. The molecule has 37 heavy (non-hydrogen) atoms. The number of methoxy groups -OCH3 is 1. The SMILES string of the molecule is COc1ccc(S(=O)(=O)NCCc2nnc3ccc(SCC(=O)Nc4nc5ccccc5s4)nn23)cc1. The van der Waals surface area contributed by atoms with Gasteiger partial charge in [-0.25, -0.2) is 18.1 Å². The molecule has 3 heterocycles. The van der Waals surface area contributed by atoms with Crippen LogP contribution >= 0.6 is 23.1 Å². The first-order valence-electron chi connectivity index (χ1n) is 11.0. The summed E-state index contributed by atoms with van der Waals surface area (Å²) in [5.74, 6) is 1.02. The minimum atomic E-state index is -3.69. The number of carbonyl (C=O) groups excluding carboxylic acids is 1. The Hall–Kier alpha value is -3.59. The van der Waals surface area contributed by atoms with Crippen molar-refractivity contribution in [2.75, 3.05) is 24.7 Å². The van der Waals surface area contributed by atoms with Crippen LogP contribution in [0.3, 0.4) is 0 Å². The summed E-state index contributed by atoms with van der Waals surface area (Å²) in [6.45, 7) is 0.110. The maximum absolute atomic E-state index is 12.6. The summed E-state index contributed by atoms with van der Waals surface area (Å²) in [4.78, 5) is 17.0. The third-order valence-corrected chi connectivity index (χ3v) is 8.55. The monoisotopic (exact) mass is 555 g/mol. The molecule has 190 valence electrons.